The fourth-order valence-corrected chi connectivity index (χ4v) is 3.53. The van der Waals surface area contributed by atoms with Crippen molar-refractivity contribution in [3.8, 4) is 28.9 Å². The number of benzene rings is 2. The summed E-state index contributed by atoms with van der Waals surface area (Å²) in [7, 11) is 1.62. The van der Waals surface area contributed by atoms with Crippen molar-refractivity contribution in [3.05, 3.63) is 71.4 Å². The molecule has 2 aromatic carbocycles. The van der Waals surface area contributed by atoms with Gasteiger partial charge >= 0.3 is 0 Å². The van der Waals surface area contributed by atoms with E-state index in [4.69, 9.17) is 21.6 Å². The van der Waals surface area contributed by atoms with Gasteiger partial charge in [-0.2, -0.15) is 5.26 Å². The summed E-state index contributed by atoms with van der Waals surface area (Å²) in [5.41, 5.74) is 1.96. The van der Waals surface area contributed by atoms with E-state index in [2.05, 4.69) is 20.4 Å². The third kappa shape index (κ3) is 4.06. The first kappa shape index (κ1) is 18.9. The van der Waals surface area contributed by atoms with Gasteiger partial charge in [-0.1, -0.05) is 23.7 Å². The van der Waals surface area contributed by atoms with Crippen LogP contribution in [0.3, 0.4) is 0 Å². The van der Waals surface area contributed by atoms with E-state index in [0.29, 0.717) is 21.0 Å². The Balaban J connectivity index is 1.81. The van der Waals surface area contributed by atoms with Crippen molar-refractivity contribution >= 4 is 23.4 Å². The molecule has 0 N–H and O–H groups in total. The average Bonchev–Trinajstić information content (AvgIpc) is 3.18. The van der Waals surface area contributed by atoms with E-state index >= 15 is 0 Å². The number of rotatable bonds is 5. The number of hydrogen-bond acceptors (Lipinski definition) is 7. The zero-order valence-electron chi connectivity index (χ0n) is 15.2. The minimum atomic E-state index is 0.255. The van der Waals surface area contributed by atoms with Gasteiger partial charge in [-0.3, -0.25) is 4.57 Å². The minimum Gasteiger partial charge on any atom is -0.497 e. The van der Waals surface area contributed by atoms with Crippen LogP contribution in [0.15, 0.2) is 70.8 Å². The Morgan fingerprint density at radius 1 is 1.00 bits per heavy atom. The molecule has 0 aliphatic carbocycles. The lowest BCUT2D eigenvalue weighted by Gasteiger charge is -2.11. The zero-order chi connectivity index (χ0) is 20.2. The summed E-state index contributed by atoms with van der Waals surface area (Å²) >= 11 is 7.36. The van der Waals surface area contributed by atoms with E-state index in [1.807, 2.05) is 59.2 Å². The number of aromatic nitrogens is 5. The van der Waals surface area contributed by atoms with Crippen molar-refractivity contribution in [2.45, 2.75) is 10.2 Å². The molecule has 7 nitrogen and oxygen atoms in total. The highest BCUT2D eigenvalue weighted by atomic mass is 35.5. The number of nitriles is 1. The molecule has 9 heteroatoms. The molecule has 29 heavy (non-hydrogen) atoms. The molecule has 0 bridgehead atoms. The number of methoxy groups -OCH3 is 1. The van der Waals surface area contributed by atoms with Crippen LogP contribution in [0.1, 0.15) is 5.69 Å². The summed E-state index contributed by atoms with van der Waals surface area (Å²) in [6, 6.07) is 20.3. The topological polar surface area (TPSA) is 89.5 Å². The highest BCUT2D eigenvalue weighted by Gasteiger charge is 2.18. The molecule has 0 spiro atoms. The van der Waals surface area contributed by atoms with Gasteiger partial charge in [0, 0.05) is 16.3 Å². The van der Waals surface area contributed by atoms with Crippen LogP contribution in [-0.2, 0) is 0 Å². The van der Waals surface area contributed by atoms with Crippen LogP contribution >= 0.6 is 23.4 Å². The lowest BCUT2D eigenvalue weighted by atomic mass is 10.2. The van der Waals surface area contributed by atoms with E-state index in [1.54, 1.807) is 19.2 Å². The Morgan fingerprint density at radius 3 is 2.52 bits per heavy atom. The second-order valence-electron chi connectivity index (χ2n) is 5.82. The third-order valence-electron chi connectivity index (χ3n) is 4.00. The van der Waals surface area contributed by atoms with Crippen LogP contribution in [-0.4, -0.2) is 32.1 Å². The highest BCUT2D eigenvalue weighted by molar-refractivity contribution is 7.99. The van der Waals surface area contributed by atoms with Crippen molar-refractivity contribution in [2.75, 3.05) is 7.11 Å². The molecule has 0 radical (unpaired) electrons. The lowest BCUT2D eigenvalue weighted by molar-refractivity contribution is 0.415. The smallest absolute Gasteiger partial charge is 0.202 e. The summed E-state index contributed by atoms with van der Waals surface area (Å²) in [6.45, 7) is 0. The monoisotopic (exact) mass is 420 g/mol. The predicted octanol–water partition coefficient (Wildman–Crippen LogP) is 4.41. The Bertz CT molecular complexity index is 1190. The quantitative estimate of drug-likeness (QED) is 0.472. The molecule has 2 heterocycles. The lowest BCUT2D eigenvalue weighted by Crippen LogP contribution is -2.00. The first-order valence-corrected chi connectivity index (χ1v) is 9.65. The van der Waals surface area contributed by atoms with Gasteiger partial charge in [0.15, 0.2) is 11.5 Å². The van der Waals surface area contributed by atoms with Gasteiger partial charge in [-0.25, -0.2) is 0 Å². The molecular weight excluding hydrogens is 408 g/mol. The molecule has 2 aromatic heterocycles. The van der Waals surface area contributed by atoms with Crippen LogP contribution in [0.5, 0.6) is 5.75 Å². The molecule has 0 unspecified atom stereocenters. The van der Waals surface area contributed by atoms with Crippen LogP contribution in [0.4, 0.5) is 0 Å². The molecule has 4 rings (SSSR count). The van der Waals surface area contributed by atoms with Crippen molar-refractivity contribution in [1.82, 2.24) is 25.0 Å². The van der Waals surface area contributed by atoms with E-state index in [9.17, 15) is 0 Å². The van der Waals surface area contributed by atoms with Gasteiger partial charge in [0.2, 0.25) is 5.16 Å². The molecule has 0 amide bonds. The zero-order valence-corrected chi connectivity index (χ0v) is 16.7. The Kier molecular flexibility index (Phi) is 5.42. The summed E-state index contributed by atoms with van der Waals surface area (Å²) in [4.78, 5) is 0. The molecule has 0 aliphatic rings. The first-order chi connectivity index (χ1) is 14.2. The maximum atomic E-state index is 8.90. The maximum absolute atomic E-state index is 8.90. The third-order valence-corrected chi connectivity index (χ3v) is 5.12. The first-order valence-electron chi connectivity index (χ1n) is 8.45. The Labute approximate surface area is 175 Å². The van der Waals surface area contributed by atoms with Gasteiger partial charge in [0.25, 0.3) is 0 Å². The second-order valence-corrected chi connectivity index (χ2v) is 7.24. The summed E-state index contributed by atoms with van der Waals surface area (Å²) < 4.78 is 7.25. The maximum Gasteiger partial charge on any atom is 0.202 e. The van der Waals surface area contributed by atoms with Crippen molar-refractivity contribution < 1.29 is 4.74 Å². The summed E-state index contributed by atoms with van der Waals surface area (Å²) in [5, 5.41) is 27.4. The molecular formula is C20H13ClN6OS. The number of nitrogens with zero attached hydrogens (tertiary/aromatic N) is 6. The van der Waals surface area contributed by atoms with Gasteiger partial charge in [-0.15, -0.1) is 20.4 Å². The van der Waals surface area contributed by atoms with Gasteiger partial charge in [0.05, 0.1) is 7.11 Å². The Hall–Kier alpha value is -3.41. The molecule has 4 aromatic rings. The molecule has 142 valence electrons. The molecule has 0 aliphatic heterocycles. The number of halogens is 1. The van der Waals surface area contributed by atoms with Crippen LogP contribution < -0.4 is 4.74 Å². The molecule has 0 saturated heterocycles. The van der Waals surface area contributed by atoms with Crippen molar-refractivity contribution in [3.63, 3.8) is 0 Å². The van der Waals surface area contributed by atoms with E-state index < -0.39 is 0 Å². The predicted molar refractivity (Wildman–Crippen MR) is 109 cm³/mol. The number of hydrogen-bond donors (Lipinski definition) is 0. The molecule has 0 saturated carbocycles. The van der Waals surface area contributed by atoms with Gasteiger partial charge in [-0.05, 0) is 60.3 Å². The highest BCUT2D eigenvalue weighted by Crippen LogP contribution is 2.32. The largest absolute Gasteiger partial charge is 0.497 e. The van der Waals surface area contributed by atoms with Crippen LogP contribution in [0.2, 0.25) is 5.02 Å². The fraction of sp³-hybridized carbons (Fsp3) is 0.0500. The van der Waals surface area contributed by atoms with Gasteiger partial charge < -0.3 is 4.74 Å². The Morgan fingerprint density at radius 2 is 1.83 bits per heavy atom. The fourth-order valence-electron chi connectivity index (χ4n) is 2.64. The average molecular weight is 421 g/mol. The normalized spacial score (nSPS) is 10.5. The second kappa shape index (κ2) is 8.31. The van der Waals surface area contributed by atoms with Crippen LogP contribution in [0, 0.1) is 11.3 Å². The molecule has 0 atom stereocenters. The standard InChI is InChI=1S/C20H13ClN6OS/c1-28-17-4-2-3-13(11-17)19-25-26-20(27(19)16-8-5-14(21)6-9-16)29-18-10-7-15(12-22)23-24-18/h2-11H,1H3. The minimum absolute atomic E-state index is 0.255. The van der Waals surface area contributed by atoms with E-state index in [0.717, 1.165) is 17.0 Å². The van der Waals surface area contributed by atoms with E-state index in [1.165, 1.54) is 11.8 Å². The van der Waals surface area contributed by atoms with Crippen LogP contribution in [0.25, 0.3) is 17.1 Å². The van der Waals surface area contributed by atoms with E-state index in [-0.39, 0.29) is 5.69 Å². The summed E-state index contributed by atoms with van der Waals surface area (Å²) in [6.07, 6.45) is 0. The van der Waals surface area contributed by atoms with Crippen molar-refractivity contribution in [1.29, 1.82) is 5.26 Å². The number of ether oxygens (including phenoxy) is 1. The molecule has 0 fully saturated rings. The summed E-state index contributed by atoms with van der Waals surface area (Å²) in [5.74, 6) is 1.37. The van der Waals surface area contributed by atoms with Crippen molar-refractivity contribution in [2.24, 2.45) is 0 Å². The van der Waals surface area contributed by atoms with Gasteiger partial charge in [0.1, 0.15) is 16.8 Å². The SMILES string of the molecule is COc1cccc(-c2nnc(Sc3ccc(C#N)nn3)n2-c2ccc(Cl)cc2)c1.